The van der Waals surface area contributed by atoms with Gasteiger partial charge in [0.15, 0.2) is 6.10 Å². The molecule has 0 aromatic carbocycles. The average molecular weight is 881 g/mol. The Hall–Kier alpha value is -2.33. The molecule has 354 valence electrons. The van der Waals surface area contributed by atoms with Crippen LogP contribution in [0.15, 0.2) is 60.8 Å². The first kappa shape index (κ1) is 58.7. The van der Waals surface area contributed by atoms with Crippen LogP contribution < -0.4 is 0 Å². The predicted octanol–water partition coefficient (Wildman–Crippen LogP) is 13.5. The van der Waals surface area contributed by atoms with Gasteiger partial charge in [-0.25, -0.2) is 4.57 Å². The Bertz CT molecular complexity index is 1200. The molecular formula is C50H89O10P. The van der Waals surface area contributed by atoms with Crippen molar-refractivity contribution in [1.82, 2.24) is 0 Å². The first-order valence-corrected chi connectivity index (χ1v) is 25.7. The van der Waals surface area contributed by atoms with Crippen molar-refractivity contribution >= 4 is 19.8 Å². The van der Waals surface area contributed by atoms with Gasteiger partial charge in [0.25, 0.3) is 0 Å². The zero-order valence-electron chi connectivity index (χ0n) is 38.6. The number of hydrogen-bond donors (Lipinski definition) is 3. The molecule has 0 bridgehead atoms. The molecule has 0 rings (SSSR count). The van der Waals surface area contributed by atoms with Gasteiger partial charge in [-0.3, -0.25) is 18.6 Å². The standard InChI is InChI=1S/C50H89O10P/c1-3-5-7-9-11-13-15-17-19-21-22-23-24-26-27-29-31-33-35-37-39-41-49(53)57-45-48(46-59-61(55,56)58-44-47(52)43-51)60-50(54)42-40-38-36-34-32-30-28-25-20-18-16-14-12-10-8-6-4-2/h14,16,19,21,23-24,27,29,33,35,47-48,51-52H,3-13,15,17-18,20,22,25-26,28,30-32,34,36-46H2,1-2H3,(H,55,56)/b16-14+,21-19+,24-23+,29-27+,35-33+/t47-,48+/m0/s1. The van der Waals surface area contributed by atoms with E-state index in [1.807, 2.05) is 6.08 Å². The average Bonchev–Trinajstić information content (AvgIpc) is 3.25. The number of carbonyl (C=O) groups excluding carboxylic acids is 2. The molecule has 0 fully saturated rings. The van der Waals surface area contributed by atoms with Crippen LogP contribution in [-0.2, 0) is 32.7 Å². The van der Waals surface area contributed by atoms with Crippen LogP contribution in [0.2, 0.25) is 0 Å². The molecule has 0 saturated carbocycles. The number of esters is 2. The highest BCUT2D eigenvalue weighted by molar-refractivity contribution is 7.47. The van der Waals surface area contributed by atoms with Crippen LogP contribution in [0, 0.1) is 0 Å². The first-order chi connectivity index (χ1) is 29.7. The fourth-order valence-corrected chi connectivity index (χ4v) is 7.18. The van der Waals surface area contributed by atoms with Gasteiger partial charge in [0.1, 0.15) is 12.7 Å². The maximum absolute atomic E-state index is 12.6. The lowest BCUT2D eigenvalue weighted by atomic mass is 10.1. The molecule has 0 amide bonds. The summed E-state index contributed by atoms with van der Waals surface area (Å²) in [6.07, 6.45) is 51.9. The molecule has 0 aromatic heterocycles. The Morgan fingerprint density at radius 1 is 0.492 bits per heavy atom. The third kappa shape index (κ3) is 45.5. The molecule has 0 radical (unpaired) electrons. The number of aliphatic hydroxyl groups is 2. The highest BCUT2D eigenvalue weighted by Gasteiger charge is 2.27. The quantitative estimate of drug-likeness (QED) is 0.0233. The van der Waals surface area contributed by atoms with Crippen LogP contribution in [0.25, 0.3) is 0 Å². The van der Waals surface area contributed by atoms with E-state index in [0.717, 1.165) is 38.5 Å². The summed E-state index contributed by atoms with van der Waals surface area (Å²) in [4.78, 5) is 35.1. The normalized spacial score (nSPS) is 14.2. The lowest BCUT2D eigenvalue weighted by Gasteiger charge is -2.20. The largest absolute Gasteiger partial charge is 0.472 e. The van der Waals surface area contributed by atoms with Gasteiger partial charge in [-0.15, -0.1) is 0 Å². The van der Waals surface area contributed by atoms with Crippen molar-refractivity contribution < 1.29 is 47.8 Å². The molecule has 1 unspecified atom stereocenters. The Labute approximate surface area is 372 Å². The zero-order chi connectivity index (χ0) is 44.8. The van der Waals surface area contributed by atoms with Crippen LogP contribution >= 0.6 is 7.82 Å². The minimum absolute atomic E-state index is 0.164. The molecule has 0 spiro atoms. The summed E-state index contributed by atoms with van der Waals surface area (Å²) >= 11 is 0. The van der Waals surface area contributed by atoms with E-state index in [9.17, 15) is 24.2 Å². The molecule has 0 aromatic rings. The van der Waals surface area contributed by atoms with Gasteiger partial charge in [-0.2, -0.15) is 0 Å². The summed E-state index contributed by atoms with van der Waals surface area (Å²) < 4.78 is 32.7. The second kappa shape index (κ2) is 45.7. The van der Waals surface area contributed by atoms with Crippen molar-refractivity contribution in [2.24, 2.45) is 0 Å². The molecule has 0 aliphatic rings. The van der Waals surface area contributed by atoms with Crippen molar-refractivity contribution in [2.75, 3.05) is 26.4 Å². The minimum Gasteiger partial charge on any atom is -0.462 e. The number of hydrogen-bond acceptors (Lipinski definition) is 9. The fraction of sp³-hybridized carbons (Fsp3) is 0.760. The predicted molar refractivity (Wildman–Crippen MR) is 251 cm³/mol. The van der Waals surface area contributed by atoms with E-state index < -0.39 is 51.8 Å². The van der Waals surface area contributed by atoms with Crippen molar-refractivity contribution in [3.8, 4) is 0 Å². The molecule has 3 N–H and O–H groups in total. The summed E-state index contributed by atoms with van der Waals surface area (Å²) in [5.41, 5.74) is 0. The summed E-state index contributed by atoms with van der Waals surface area (Å²) in [6, 6.07) is 0. The van der Waals surface area contributed by atoms with Crippen LogP contribution in [0.4, 0.5) is 0 Å². The number of phosphoric ester groups is 1. The second-order valence-electron chi connectivity index (χ2n) is 16.1. The van der Waals surface area contributed by atoms with Crippen LogP contribution in [0.1, 0.15) is 206 Å². The molecule has 0 aliphatic heterocycles. The lowest BCUT2D eigenvalue weighted by Crippen LogP contribution is -2.29. The van der Waals surface area contributed by atoms with E-state index in [1.54, 1.807) is 0 Å². The highest BCUT2D eigenvalue weighted by atomic mass is 31.2. The Morgan fingerprint density at radius 3 is 1.36 bits per heavy atom. The lowest BCUT2D eigenvalue weighted by molar-refractivity contribution is -0.161. The number of ether oxygens (including phenoxy) is 2. The molecular weight excluding hydrogens is 792 g/mol. The molecule has 10 nitrogen and oxygen atoms in total. The number of phosphoric acid groups is 1. The topological polar surface area (TPSA) is 149 Å². The first-order valence-electron chi connectivity index (χ1n) is 24.2. The maximum Gasteiger partial charge on any atom is 0.472 e. The Balaban J connectivity index is 4.32. The number of carbonyl (C=O) groups is 2. The number of rotatable bonds is 45. The van der Waals surface area contributed by atoms with Crippen LogP contribution in [0.3, 0.4) is 0 Å². The van der Waals surface area contributed by atoms with E-state index in [2.05, 4.69) is 68.5 Å². The molecule has 3 atom stereocenters. The Kier molecular flexibility index (Phi) is 43.9. The van der Waals surface area contributed by atoms with E-state index in [-0.39, 0.29) is 19.4 Å². The maximum atomic E-state index is 12.6. The van der Waals surface area contributed by atoms with E-state index in [4.69, 9.17) is 23.6 Å². The van der Waals surface area contributed by atoms with Crippen LogP contribution in [0.5, 0.6) is 0 Å². The van der Waals surface area contributed by atoms with Gasteiger partial charge in [-0.1, -0.05) is 177 Å². The van der Waals surface area contributed by atoms with Gasteiger partial charge in [0, 0.05) is 12.8 Å². The van der Waals surface area contributed by atoms with Crippen molar-refractivity contribution in [3.63, 3.8) is 0 Å². The molecule has 0 aliphatic carbocycles. The third-order valence-corrected chi connectivity index (χ3v) is 11.1. The highest BCUT2D eigenvalue weighted by Crippen LogP contribution is 2.43. The Morgan fingerprint density at radius 2 is 0.869 bits per heavy atom. The summed E-state index contributed by atoms with van der Waals surface area (Å²) in [6.45, 7) is 2.32. The van der Waals surface area contributed by atoms with Crippen molar-refractivity contribution in [2.45, 2.75) is 219 Å². The number of unbranched alkanes of at least 4 members (excludes halogenated alkanes) is 21. The van der Waals surface area contributed by atoms with Crippen molar-refractivity contribution in [3.05, 3.63) is 60.8 Å². The fourth-order valence-electron chi connectivity index (χ4n) is 6.39. The summed E-state index contributed by atoms with van der Waals surface area (Å²) in [5.74, 6) is -0.992. The minimum atomic E-state index is -4.64. The molecule has 61 heavy (non-hydrogen) atoms. The monoisotopic (exact) mass is 881 g/mol. The van der Waals surface area contributed by atoms with Crippen LogP contribution in [-0.4, -0.2) is 65.7 Å². The zero-order valence-corrected chi connectivity index (χ0v) is 39.5. The smallest absolute Gasteiger partial charge is 0.462 e. The van der Waals surface area contributed by atoms with Gasteiger partial charge in [-0.05, 0) is 77.0 Å². The summed E-state index contributed by atoms with van der Waals surface area (Å²) in [5, 5.41) is 18.4. The van der Waals surface area contributed by atoms with Crippen molar-refractivity contribution in [1.29, 1.82) is 0 Å². The van der Waals surface area contributed by atoms with Gasteiger partial charge in [0.2, 0.25) is 0 Å². The van der Waals surface area contributed by atoms with E-state index in [0.29, 0.717) is 19.3 Å². The SMILES string of the molecule is CCCCCC/C=C/CCCCCCCCCCCC(=O)O[C@H](COC(=O)CCC/C=C/C/C=C/C/C=C/C/C=C/CCCCCCCCC)COP(=O)(O)OC[C@@H](O)CO. The van der Waals surface area contributed by atoms with E-state index >= 15 is 0 Å². The number of allylic oxidation sites excluding steroid dienone is 10. The third-order valence-electron chi connectivity index (χ3n) is 10.1. The second-order valence-corrected chi connectivity index (χ2v) is 17.6. The number of aliphatic hydroxyl groups excluding tert-OH is 2. The van der Waals surface area contributed by atoms with Gasteiger partial charge in [0.05, 0.1) is 19.8 Å². The molecule has 0 heterocycles. The van der Waals surface area contributed by atoms with Gasteiger partial charge < -0.3 is 24.6 Å². The van der Waals surface area contributed by atoms with Gasteiger partial charge >= 0.3 is 19.8 Å². The molecule has 11 heteroatoms. The molecule has 0 saturated heterocycles. The van der Waals surface area contributed by atoms with E-state index in [1.165, 1.54) is 122 Å². The summed E-state index contributed by atoms with van der Waals surface area (Å²) in [7, 11) is -4.64.